The molecule has 0 aromatic heterocycles. The Morgan fingerprint density at radius 2 is 1.89 bits per heavy atom. The Bertz CT molecular complexity index is 889. The van der Waals surface area contributed by atoms with Gasteiger partial charge in [-0.3, -0.25) is 4.79 Å². The highest BCUT2D eigenvalue weighted by atomic mass is 79.9. The van der Waals surface area contributed by atoms with Gasteiger partial charge < -0.3 is 9.80 Å². The van der Waals surface area contributed by atoms with Crippen LogP contribution in [-0.4, -0.2) is 37.0 Å². The summed E-state index contributed by atoms with van der Waals surface area (Å²) in [6.45, 7) is 2.83. The van der Waals surface area contributed by atoms with Gasteiger partial charge in [0, 0.05) is 48.0 Å². The van der Waals surface area contributed by atoms with Gasteiger partial charge in [0.05, 0.1) is 11.6 Å². The number of nitriles is 1. The van der Waals surface area contributed by atoms with Gasteiger partial charge in [-0.15, -0.1) is 0 Å². The van der Waals surface area contributed by atoms with Crippen LogP contribution in [0.4, 0.5) is 10.1 Å². The summed E-state index contributed by atoms with van der Waals surface area (Å²) in [6, 6.07) is 14.2. The average molecular weight is 428 g/mol. The molecule has 0 bridgehead atoms. The smallest absolute Gasteiger partial charge is 0.246 e. The average Bonchev–Trinajstić information content (AvgIpc) is 2.95. The van der Waals surface area contributed by atoms with E-state index in [2.05, 4.69) is 26.9 Å². The van der Waals surface area contributed by atoms with E-state index in [0.717, 1.165) is 29.7 Å². The van der Waals surface area contributed by atoms with Crippen LogP contribution in [0.25, 0.3) is 6.08 Å². The van der Waals surface area contributed by atoms with E-state index in [1.807, 2.05) is 12.1 Å². The Balaban J connectivity index is 1.63. The van der Waals surface area contributed by atoms with Gasteiger partial charge >= 0.3 is 0 Å². The lowest BCUT2D eigenvalue weighted by Gasteiger charge is -2.23. The van der Waals surface area contributed by atoms with Crippen molar-refractivity contribution >= 4 is 33.6 Å². The largest absolute Gasteiger partial charge is 0.370 e. The summed E-state index contributed by atoms with van der Waals surface area (Å²) in [7, 11) is 0. The molecule has 4 nitrogen and oxygen atoms in total. The molecule has 0 saturated carbocycles. The molecule has 1 saturated heterocycles. The van der Waals surface area contributed by atoms with Gasteiger partial charge in [-0.1, -0.05) is 15.9 Å². The van der Waals surface area contributed by atoms with Crippen molar-refractivity contribution in [3.63, 3.8) is 0 Å². The van der Waals surface area contributed by atoms with Crippen molar-refractivity contribution in [2.24, 2.45) is 0 Å². The van der Waals surface area contributed by atoms with Gasteiger partial charge in [0.15, 0.2) is 0 Å². The minimum absolute atomic E-state index is 0.115. The van der Waals surface area contributed by atoms with Crippen LogP contribution in [0.1, 0.15) is 17.5 Å². The first-order valence-electron chi connectivity index (χ1n) is 8.74. The lowest BCUT2D eigenvalue weighted by Crippen LogP contribution is -2.34. The van der Waals surface area contributed by atoms with E-state index in [-0.39, 0.29) is 11.7 Å². The zero-order valence-corrected chi connectivity index (χ0v) is 16.3. The minimum atomic E-state index is -0.356. The van der Waals surface area contributed by atoms with E-state index in [9.17, 15) is 9.18 Å². The summed E-state index contributed by atoms with van der Waals surface area (Å²) in [5, 5.41) is 8.90. The van der Waals surface area contributed by atoms with Crippen LogP contribution in [0.5, 0.6) is 0 Å². The summed E-state index contributed by atoms with van der Waals surface area (Å²) >= 11 is 3.31. The van der Waals surface area contributed by atoms with Crippen LogP contribution < -0.4 is 4.90 Å². The van der Waals surface area contributed by atoms with Gasteiger partial charge in [0.1, 0.15) is 5.82 Å². The maximum atomic E-state index is 13.8. The van der Waals surface area contributed by atoms with E-state index in [1.54, 1.807) is 29.2 Å². The number of halogens is 2. The van der Waals surface area contributed by atoms with E-state index in [4.69, 9.17) is 5.26 Å². The highest BCUT2D eigenvalue weighted by molar-refractivity contribution is 9.10. The molecule has 0 unspecified atom stereocenters. The van der Waals surface area contributed by atoms with E-state index < -0.39 is 0 Å². The molecule has 0 aliphatic carbocycles. The Hall–Kier alpha value is -2.65. The first-order valence-corrected chi connectivity index (χ1v) is 9.53. The third kappa shape index (κ3) is 4.95. The second-order valence-electron chi connectivity index (χ2n) is 6.32. The molecular weight excluding hydrogens is 409 g/mol. The fourth-order valence-corrected chi connectivity index (χ4v) is 3.43. The number of carbonyl (C=O) groups is 1. The van der Waals surface area contributed by atoms with E-state index in [0.29, 0.717) is 24.2 Å². The fourth-order valence-electron chi connectivity index (χ4n) is 3.05. The molecule has 6 heteroatoms. The van der Waals surface area contributed by atoms with E-state index in [1.165, 1.54) is 18.2 Å². The molecule has 1 aliphatic rings. The molecule has 2 aromatic rings. The van der Waals surface area contributed by atoms with Crippen LogP contribution in [0.3, 0.4) is 0 Å². The van der Waals surface area contributed by atoms with Crippen molar-refractivity contribution in [3.05, 3.63) is 70.0 Å². The number of benzene rings is 2. The van der Waals surface area contributed by atoms with Crippen molar-refractivity contribution < 1.29 is 9.18 Å². The van der Waals surface area contributed by atoms with E-state index >= 15 is 0 Å². The minimum Gasteiger partial charge on any atom is -0.370 e. The van der Waals surface area contributed by atoms with Crippen molar-refractivity contribution in [1.82, 2.24) is 4.90 Å². The summed E-state index contributed by atoms with van der Waals surface area (Å²) in [5.74, 6) is -0.471. The Labute approximate surface area is 166 Å². The number of nitrogens with zero attached hydrogens (tertiary/aromatic N) is 3. The number of amides is 1. The standard InChI is InChI=1S/C21H19BrFN3O/c22-18-5-8-20(23)17(14-18)4-9-21(27)26-11-1-10-25(12-13-26)19-6-2-16(15-24)3-7-19/h2-9,14H,1,10-13H2/b9-4+. The molecule has 0 N–H and O–H groups in total. The maximum absolute atomic E-state index is 13.8. The molecular formula is C21H19BrFN3O. The highest BCUT2D eigenvalue weighted by Gasteiger charge is 2.18. The number of carbonyl (C=O) groups excluding carboxylic acids is 1. The van der Waals surface area contributed by atoms with Crippen molar-refractivity contribution in [2.45, 2.75) is 6.42 Å². The summed E-state index contributed by atoms with van der Waals surface area (Å²) in [5.41, 5.74) is 2.07. The summed E-state index contributed by atoms with van der Waals surface area (Å²) in [6.07, 6.45) is 3.80. The molecule has 0 spiro atoms. The number of rotatable bonds is 3. The van der Waals surface area contributed by atoms with Gasteiger partial charge in [0.2, 0.25) is 5.91 Å². The van der Waals surface area contributed by atoms with Gasteiger partial charge in [0.25, 0.3) is 0 Å². The van der Waals surface area contributed by atoms with Crippen LogP contribution in [0.15, 0.2) is 53.0 Å². The predicted octanol–water partition coefficient (Wildman–Crippen LogP) is 4.21. The third-order valence-corrected chi connectivity index (χ3v) is 5.03. The first kappa shape index (κ1) is 19.1. The van der Waals surface area contributed by atoms with Crippen molar-refractivity contribution in [3.8, 4) is 6.07 Å². The third-order valence-electron chi connectivity index (χ3n) is 4.53. The van der Waals surface area contributed by atoms with Crippen LogP contribution in [0, 0.1) is 17.1 Å². The first-order chi connectivity index (χ1) is 13.1. The second-order valence-corrected chi connectivity index (χ2v) is 7.24. The molecule has 1 amide bonds. The Morgan fingerprint density at radius 1 is 1.11 bits per heavy atom. The molecule has 0 atom stereocenters. The predicted molar refractivity (Wildman–Crippen MR) is 108 cm³/mol. The SMILES string of the molecule is N#Cc1ccc(N2CCCN(C(=O)/C=C/c3cc(Br)ccc3F)CC2)cc1. The van der Waals surface area contributed by atoms with Crippen LogP contribution in [0.2, 0.25) is 0 Å². The molecule has 0 radical (unpaired) electrons. The zero-order valence-electron chi connectivity index (χ0n) is 14.7. The topological polar surface area (TPSA) is 47.3 Å². The maximum Gasteiger partial charge on any atom is 0.246 e. The van der Waals surface area contributed by atoms with Crippen LogP contribution in [-0.2, 0) is 4.79 Å². The van der Waals surface area contributed by atoms with Crippen LogP contribution >= 0.6 is 15.9 Å². The van der Waals surface area contributed by atoms with Gasteiger partial charge in [-0.25, -0.2) is 4.39 Å². The Morgan fingerprint density at radius 3 is 2.63 bits per heavy atom. The summed E-state index contributed by atoms with van der Waals surface area (Å²) in [4.78, 5) is 16.5. The molecule has 138 valence electrons. The quantitative estimate of drug-likeness (QED) is 0.689. The normalized spacial score (nSPS) is 14.9. The molecule has 2 aromatic carbocycles. The monoisotopic (exact) mass is 427 g/mol. The van der Waals surface area contributed by atoms with Crippen molar-refractivity contribution in [1.29, 1.82) is 5.26 Å². The number of anilines is 1. The second kappa shape index (κ2) is 8.83. The molecule has 1 aliphatic heterocycles. The lowest BCUT2D eigenvalue weighted by atomic mass is 10.2. The Kier molecular flexibility index (Phi) is 6.25. The van der Waals surface area contributed by atoms with Crippen molar-refractivity contribution in [2.75, 3.05) is 31.1 Å². The molecule has 1 fully saturated rings. The molecule has 3 rings (SSSR count). The molecule has 1 heterocycles. The lowest BCUT2D eigenvalue weighted by molar-refractivity contribution is -0.125. The summed E-state index contributed by atoms with van der Waals surface area (Å²) < 4.78 is 14.6. The number of hydrogen-bond acceptors (Lipinski definition) is 3. The van der Waals surface area contributed by atoms with Gasteiger partial charge in [-0.2, -0.15) is 5.26 Å². The number of hydrogen-bond donors (Lipinski definition) is 0. The van der Waals surface area contributed by atoms with Gasteiger partial charge in [-0.05, 0) is 55.0 Å². The fraction of sp³-hybridized carbons (Fsp3) is 0.238. The molecule has 27 heavy (non-hydrogen) atoms. The zero-order chi connectivity index (χ0) is 19.2. The highest BCUT2D eigenvalue weighted by Crippen LogP contribution is 2.19.